The van der Waals surface area contributed by atoms with Crippen LogP contribution in [-0.4, -0.2) is 16.7 Å². The molecule has 4 aromatic rings. The second kappa shape index (κ2) is 6.09. The molecule has 0 bridgehead atoms. The largest absolute Gasteiger partial charge is 0.497 e. The Morgan fingerprint density at radius 2 is 1.85 bits per heavy atom. The fourth-order valence-electron chi connectivity index (χ4n) is 4.00. The fourth-order valence-corrected chi connectivity index (χ4v) is 4.00. The second-order valence-corrected chi connectivity index (χ2v) is 6.72. The number of aromatic nitrogens is 2. The Morgan fingerprint density at radius 1 is 1.00 bits per heavy atom. The van der Waals surface area contributed by atoms with Crippen molar-refractivity contribution in [1.29, 1.82) is 0 Å². The minimum atomic E-state index is 0.0850. The van der Waals surface area contributed by atoms with E-state index >= 15 is 0 Å². The van der Waals surface area contributed by atoms with Crippen molar-refractivity contribution in [1.82, 2.24) is 9.55 Å². The first kappa shape index (κ1) is 15.8. The number of aryl methyl sites for hydroxylation is 1. The molecule has 0 radical (unpaired) electrons. The van der Waals surface area contributed by atoms with Gasteiger partial charge in [0.15, 0.2) is 5.43 Å². The van der Waals surface area contributed by atoms with Gasteiger partial charge in [0.1, 0.15) is 11.4 Å². The van der Waals surface area contributed by atoms with Crippen molar-refractivity contribution in [2.24, 2.45) is 0 Å². The Balaban J connectivity index is 1.95. The maximum atomic E-state index is 13.2. The van der Waals surface area contributed by atoms with Crippen LogP contribution < -0.4 is 10.2 Å². The van der Waals surface area contributed by atoms with Gasteiger partial charge in [-0.3, -0.25) is 9.36 Å². The molecule has 4 heteroatoms. The van der Waals surface area contributed by atoms with Gasteiger partial charge in [-0.2, -0.15) is 0 Å². The van der Waals surface area contributed by atoms with E-state index in [0.717, 1.165) is 34.7 Å². The average Bonchev–Trinajstić information content (AvgIpc) is 2.74. The third kappa shape index (κ3) is 2.37. The molecule has 0 atom stereocenters. The predicted molar refractivity (Wildman–Crippen MR) is 107 cm³/mol. The molecule has 0 saturated carbocycles. The monoisotopic (exact) mass is 354 g/mol. The molecule has 0 aliphatic heterocycles. The number of ether oxygens (including phenoxy) is 1. The number of methoxy groups -OCH3 is 1. The highest BCUT2D eigenvalue weighted by atomic mass is 16.5. The van der Waals surface area contributed by atoms with Crippen molar-refractivity contribution in [2.75, 3.05) is 7.11 Å². The van der Waals surface area contributed by atoms with Crippen LogP contribution in [0, 0.1) is 0 Å². The molecule has 5 rings (SSSR count). The lowest BCUT2D eigenvalue weighted by molar-refractivity contribution is 0.414. The lowest BCUT2D eigenvalue weighted by atomic mass is 9.87. The molecule has 0 saturated heterocycles. The number of pyridine rings is 2. The Morgan fingerprint density at radius 3 is 2.67 bits per heavy atom. The molecule has 2 aromatic heterocycles. The number of fused-ring (bicyclic) bond motifs is 4. The van der Waals surface area contributed by atoms with E-state index in [1.807, 2.05) is 36.4 Å². The van der Waals surface area contributed by atoms with Gasteiger partial charge in [-0.1, -0.05) is 18.2 Å². The zero-order chi connectivity index (χ0) is 18.4. The maximum absolute atomic E-state index is 13.2. The topological polar surface area (TPSA) is 44.1 Å². The van der Waals surface area contributed by atoms with Gasteiger partial charge in [-0.05, 0) is 60.9 Å². The van der Waals surface area contributed by atoms with Crippen molar-refractivity contribution in [3.05, 3.63) is 88.2 Å². The zero-order valence-corrected chi connectivity index (χ0v) is 15.0. The Hall–Kier alpha value is -3.40. The van der Waals surface area contributed by atoms with Gasteiger partial charge in [0, 0.05) is 23.0 Å². The molecule has 0 spiro atoms. The van der Waals surface area contributed by atoms with Crippen LogP contribution in [0.3, 0.4) is 0 Å². The second-order valence-electron chi connectivity index (χ2n) is 6.72. The summed E-state index contributed by atoms with van der Waals surface area (Å²) in [6.07, 6.45) is 3.28. The van der Waals surface area contributed by atoms with Crippen LogP contribution >= 0.6 is 0 Å². The van der Waals surface area contributed by atoms with Gasteiger partial charge in [0.05, 0.1) is 18.2 Å². The van der Waals surface area contributed by atoms with Crippen LogP contribution in [0.4, 0.5) is 0 Å². The summed E-state index contributed by atoms with van der Waals surface area (Å²) in [5, 5.41) is 0.664. The highest BCUT2D eigenvalue weighted by Gasteiger charge is 2.25. The summed E-state index contributed by atoms with van der Waals surface area (Å²) in [7, 11) is 1.68. The summed E-state index contributed by atoms with van der Waals surface area (Å²) >= 11 is 0. The van der Waals surface area contributed by atoms with Crippen LogP contribution in [-0.2, 0) is 12.8 Å². The van der Waals surface area contributed by atoms with Crippen LogP contribution in [0.15, 0.2) is 71.7 Å². The maximum Gasteiger partial charge on any atom is 0.194 e. The van der Waals surface area contributed by atoms with Gasteiger partial charge in [0.2, 0.25) is 0 Å². The first-order valence-corrected chi connectivity index (χ1v) is 9.03. The quantitative estimate of drug-likeness (QED) is 0.543. The molecular formula is C23H18N2O2. The number of para-hydroxylation sites is 1. The summed E-state index contributed by atoms with van der Waals surface area (Å²) in [5.74, 6) is 0.838. The zero-order valence-electron chi connectivity index (χ0n) is 15.0. The molecule has 132 valence electrons. The smallest absolute Gasteiger partial charge is 0.194 e. The minimum absolute atomic E-state index is 0.0850. The van der Waals surface area contributed by atoms with E-state index in [0.29, 0.717) is 17.5 Å². The van der Waals surface area contributed by atoms with Crippen molar-refractivity contribution in [3.8, 4) is 22.7 Å². The fraction of sp³-hybridized carbons (Fsp3) is 0.130. The highest BCUT2D eigenvalue weighted by Crippen LogP contribution is 2.37. The Kier molecular flexibility index (Phi) is 3.57. The Bertz CT molecular complexity index is 1230. The predicted octanol–water partition coefficient (Wildman–Crippen LogP) is 4.16. The summed E-state index contributed by atoms with van der Waals surface area (Å²) in [4.78, 5) is 17.8. The van der Waals surface area contributed by atoms with Gasteiger partial charge in [-0.15, -0.1) is 0 Å². The molecule has 0 N–H and O–H groups in total. The van der Waals surface area contributed by atoms with E-state index in [2.05, 4.69) is 33.8 Å². The number of hydrogen-bond acceptors (Lipinski definition) is 3. The molecule has 0 unspecified atom stereocenters. The van der Waals surface area contributed by atoms with Crippen LogP contribution in [0.2, 0.25) is 0 Å². The van der Waals surface area contributed by atoms with Gasteiger partial charge < -0.3 is 4.74 Å². The molecule has 2 aromatic carbocycles. The lowest BCUT2D eigenvalue weighted by Crippen LogP contribution is -2.22. The van der Waals surface area contributed by atoms with Crippen molar-refractivity contribution in [3.63, 3.8) is 0 Å². The van der Waals surface area contributed by atoms with Crippen LogP contribution in [0.5, 0.6) is 5.75 Å². The van der Waals surface area contributed by atoms with Crippen LogP contribution in [0.25, 0.3) is 28.0 Å². The van der Waals surface area contributed by atoms with Crippen molar-refractivity contribution < 1.29 is 4.74 Å². The average molecular weight is 354 g/mol. The van der Waals surface area contributed by atoms with Gasteiger partial charge in [-0.25, -0.2) is 4.98 Å². The summed E-state index contributed by atoms with van der Waals surface area (Å²) in [6.45, 7) is 0. The van der Waals surface area contributed by atoms with Gasteiger partial charge >= 0.3 is 0 Å². The van der Waals surface area contributed by atoms with E-state index in [-0.39, 0.29) is 5.43 Å². The van der Waals surface area contributed by atoms with E-state index in [1.165, 1.54) is 5.56 Å². The van der Waals surface area contributed by atoms with E-state index < -0.39 is 0 Å². The number of rotatable bonds is 2. The molecular weight excluding hydrogens is 336 g/mol. The summed E-state index contributed by atoms with van der Waals surface area (Å²) in [6, 6.07) is 19.9. The molecule has 2 heterocycles. The first-order chi connectivity index (χ1) is 13.3. The molecule has 1 aliphatic rings. The van der Waals surface area contributed by atoms with Gasteiger partial charge in [0.25, 0.3) is 0 Å². The highest BCUT2D eigenvalue weighted by molar-refractivity contribution is 5.85. The molecule has 27 heavy (non-hydrogen) atoms. The standard InChI is InChI=1S/C23H18N2O2/c1-27-17-10-12-18-15(14-17)9-11-19-21(18)25(16-6-3-2-4-7-16)23-20(22(19)26)8-5-13-24-23/h2-8,10,12-14H,9,11H2,1H3. The molecule has 4 nitrogen and oxygen atoms in total. The van der Waals surface area contributed by atoms with Crippen molar-refractivity contribution in [2.45, 2.75) is 12.8 Å². The number of benzene rings is 2. The first-order valence-electron chi connectivity index (χ1n) is 9.03. The van der Waals surface area contributed by atoms with E-state index in [4.69, 9.17) is 4.74 Å². The van der Waals surface area contributed by atoms with E-state index in [1.54, 1.807) is 13.3 Å². The normalized spacial score (nSPS) is 12.5. The van der Waals surface area contributed by atoms with Crippen LogP contribution in [0.1, 0.15) is 11.1 Å². The summed E-state index contributed by atoms with van der Waals surface area (Å²) < 4.78 is 7.52. The van der Waals surface area contributed by atoms with E-state index in [9.17, 15) is 4.79 Å². The third-order valence-electron chi connectivity index (χ3n) is 5.25. The van der Waals surface area contributed by atoms with Crippen molar-refractivity contribution >= 4 is 11.0 Å². The number of hydrogen-bond donors (Lipinski definition) is 0. The SMILES string of the molecule is COc1ccc2c(c1)CCc1c-2n(-c2ccccc2)c2ncccc2c1=O. The molecule has 0 fully saturated rings. The Labute approximate surface area is 156 Å². The number of nitrogens with zero attached hydrogens (tertiary/aromatic N) is 2. The molecule has 0 amide bonds. The third-order valence-corrected chi connectivity index (χ3v) is 5.25. The summed E-state index contributed by atoms with van der Waals surface area (Å²) in [5.41, 5.74) is 5.85. The minimum Gasteiger partial charge on any atom is -0.497 e. The molecule has 1 aliphatic carbocycles. The lowest BCUT2D eigenvalue weighted by Gasteiger charge is -2.25.